The third kappa shape index (κ3) is 2.15. The summed E-state index contributed by atoms with van der Waals surface area (Å²) in [6, 6.07) is 0. The molecular weight excluding hydrogens is 166 g/mol. The fourth-order valence-corrected chi connectivity index (χ4v) is 1.77. The zero-order valence-electron chi connectivity index (χ0n) is 8.52. The topological polar surface area (TPSA) is 46.2 Å². The van der Waals surface area contributed by atoms with Gasteiger partial charge in [-0.15, -0.1) is 0 Å². The quantitative estimate of drug-likeness (QED) is 0.688. The van der Waals surface area contributed by atoms with Crippen molar-refractivity contribution in [1.82, 2.24) is 5.32 Å². The van der Waals surface area contributed by atoms with Gasteiger partial charge in [0.1, 0.15) is 11.6 Å². The first-order valence-electron chi connectivity index (χ1n) is 4.68. The van der Waals surface area contributed by atoms with Crippen LogP contribution in [0.1, 0.15) is 27.2 Å². The molecule has 1 heterocycles. The summed E-state index contributed by atoms with van der Waals surface area (Å²) < 4.78 is 0. The van der Waals surface area contributed by atoms with Crippen molar-refractivity contribution in [2.24, 2.45) is 11.3 Å². The number of carbonyl (C=O) groups is 2. The Morgan fingerprint density at radius 2 is 2.00 bits per heavy atom. The van der Waals surface area contributed by atoms with Crippen LogP contribution in [0.25, 0.3) is 0 Å². The molecule has 1 saturated heterocycles. The summed E-state index contributed by atoms with van der Waals surface area (Å²) in [5.74, 6) is 0.369. The predicted molar refractivity (Wildman–Crippen MR) is 50.4 cm³/mol. The number of piperidine rings is 1. The predicted octanol–water partition coefficient (Wildman–Crippen LogP) is 0.780. The highest BCUT2D eigenvalue weighted by atomic mass is 16.1. The van der Waals surface area contributed by atoms with E-state index in [9.17, 15) is 9.59 Å². The summed E-state index contributed by atoms with van der Waals surface area (Å²) in [4.78, 5) is 22.5. The Morgan fingerprint density at radius 1 is 1.38 bits per heavy atom. The minimum Gasteiger partial charge on any atom is -0.315 e. The lowest BCUT2D eigenvalue weighted by Gasteiger charge is -2.35. The van der Waals surface area contributed by atoms with Crippen molar-refractivity contribution in [2.45, 2.75) is 27.2 Å². The summed E-state index contributed by atoms with van der Waals surface area (Å²) in [6.45, 7) is 6.55. The van der Waals surface area contributed by atoms with Gasteiger partial charge in [0.15, 0.2) is 0 Å². The second-order valence-corrected chi connectivity index (χ2v) is 4.26. The van der Waals surface area contributed by atoms with Gasteiger partial charge in [-0.1, -0.05) is 6.92 Å². The molecule has 0 spiro atoms. The molecule has 1 aliphatic heterocycles. The molecule has 3 heteroatoms. The van der Waals surface area contributed by atoms with Gasteiger partial charge in [0, 0.05) is 24.4 Å². The van der Waals surface area contributed by atoms with E-state index < -0.39 is 0 Å². The van der Waals surface area contributed by atoms with E-state index in [0.29, 0.717) is 13.0 Å². The average molecular weight is 183 g/mol. The molecule has 0 aromatic carbocycles. The largest absolute Gasteiger partial charge is 0.315 e. The van der Waals surface area contributed by atoms with Crippen molar-refractivity contribution in [2.75, 3.05) is 13.1 Å². The Kier molecular flexibility index (Phi) is 2.86. The Morgan fingerprint density at radius 3 is 2.46 bits per heavy atom. The molecule has 0 amide bonds. The third-order valence-corrected chi connectivity index (χ3v) is 3.03. The second kappa shape index (κ2) is 3.58. The van der Waals surface area contributed by atoms with Gasteiger partial charge in [0.05, 0.1) is 0 Å². The Bertz CT molecular complexity index is 237. The maximum absolute atomic E-state index is 11.3. The molecule has 0 radical (unpaired) electrons. The number of hydrogen-bond acceptors (Lipinski definition) is 3. The number of Topliss-reactive ketones (excluding diaryl/α,β-unsaturated/α-hetero) is 2. The third-order valence-electron chi connectivity index (χ3n) is 3.03. The average Bonchev–Trinajstić information content (AvgIpc) is 2.04. The van der Waals surface area contributed by atoms with Crippen molar-refractivity contribution >= 4 is 11.6 Å². The minimum atomic E-state index is -0.339. The van der Waals surface area contributed by atoms with E-state index in [1.807, 2.05) is 6.92 Å². The fourth-order valence-electron chi connectivity index (χ4n) is 1.77. The molecule has 1 aliphatic rings. The smallest absolute Gasteiger partial charge is 0.136 e. The monoisotopic (exact) mass is 183 g/mol. The molecule has 0 aliphatic carbocycles. The maximum atomic E-state index is 11.3. The van der Waals surface area contributed by atoms with Crippen LogP contribution in [0.3, 0.4) is 0 Å². The van der Waals surface area contributed by atoms with Gasteiger partial charge in [-0.3, -0.25) is 9.59 Å². The maximum Gasteiger partial charge on any atom is 0.136 e. The van der Waals surface area contributed by atoms with Crippen LogP contribution in [-0.4, -0.2) is 24.7 Å². The summed E-state index contributed by atoms with van der Waals surface area (Å²) in [5, 5.41) is 3.15. The Labute approximate surface area is 78.9 Å². The zero-order valence-corrected chi connectivity index (χ0v) is 8.52. The van der Waals surface area contributed by atoms with Crippen LogP contribution in [0, 0.1) is 11.3 Å². The minimum absolute atomic E-state index is 0.0163. The lowest BCUT2D eigenvalue weighted by molar-refractivity contribution is -0.130. The molecule has 1 rings (SSSR count). The standard InChI is InChI=1S/C10H17NO2/c1-7(12)9-4-10(3,8(2)13)6-11-5-9/h9,11H,4-6H2,1-3H3. The van der Waals surface area contributed by atoms with E-state index >= 15 is 0 Å². The molecular formula is C10H17NO2. The zero-order chi connectivity index (χ0) is 10.1. The number of carbonyl (C=O) groups excluding carboxylic acids is 2. The van der Waals surface area contributed by atoms with Crippen LogP contribution in [0.4, 0.5) is 0 Å². The van der Waals surface area contributed by atoms with Crippen LogP contribution in [0.15, 0.2) is 0 Å². The molecule has 13 heavy (non-hydrogen) atoms. The van der Waals surface area contributed by atoms with Crippen molar-refractivity contribution in [3.63, 3.8) is 0 Å². The van der Waals surface area contributed by atoms with E-state index in [1.54, 1.807) is 13.8 Å². The molecule has 0 aromatic rings. The van der Waals surface area contributed by atoms with Crippen molar-refractivity contribution in [3.8, 4) is 0 Å². The molecule has 3 nitrogen and oxygen atoms in total. The van der Waals surface area contributed by atoms with Gasteiger partial charge < -0.3 is 5.32 Å². The van der Waals surface area contributed by atoms with E-state index in [4.69, 9.17) is 0 Å². The summed E-state index contributed by atoms with van der Waals surface area (Å²) in [5.41, 5.74) is -0.339. The van der Waals surface area contributed by atoms with Crippen LogP contribution in [0.5, 0.6) is 0 Å². The van der Waals surface area contributed by atoms with Gasteiger partial charge in [-0.25, -0.2) is 0 Å². The number of hydrogen-bond donors (Lipinski definition) is 1. The molecule has 74 valence electrons. The normalized spacial score (nSPS) is 34.2. The van der Waals surface area contributed by atoms with Crippen molar-refractivity contribution in [1.29, 1.82) is 0 Å². The number of rotatable bonds is 2. The number of ketones is 2. The highest BCUT2D eigenvalue weighted by Gasteiger charge is 2.37. The first-order valence-corrected chi connectivity index (χ1v) is 4.68. The van der Waals surface area contributed by atoms with Gasteiger partial charge in [-0.05, 0) is 20.3 Å². The molecule has 0 saturated carbocycles. The van der Waals surface area contributed by atoms with Gasteiger partial charge in [0.2, 0.25) is 0 Å². The van der Waals surface area contributed by atoms with Crippen LogP contribution in [-0.2, 0) is 9.59 Å². The molecule has 1 fully saturated rings. The van der Waals surface area contributed by atoms with E-state index in [0.717, 1.165) is 6.54 Å². The van der Waals surface area contributed by atoms with Crippen molar-refractivity contribution < 1.29 is 9.59 Å². The lowest BCUT2D eigenvalue weighted by atomic mass is 9.74. The summed E-state index contributed by atoms with van der Waals surface area (Å²) in [6.07, 6.45) is 0.699. The summed E-state index contributed by atoms with van der Waals surface area (Å²) >= 11 is 0. The van der Waals surface area contributed by atoms with Gasteiger partial charge in [0.25, 0.3) is 0 Å². The van der Waals surface area contributed by atoms with Crippen LogP contribution < -0.4 is 5.32 Å². The van der Waals surface area contributed by atoms with Crippen LogP contribution >= 0.6 is 0 Å². The first-order chi connectivity index (χ1) is 5.96. The van der Waals surface area contributed by atoms with Crippen molar-refractivity contribution in [3.05, 3.63) is 0 Å². The lowest BCUT2D eigenvalue weighted by Crippen LogP contribution is -2.48. The van der Waals surface area contributed by atoms with Gasteiger partial charge >= 0.3 is 0 Å². The Balaban J connectivity index is 2.71. The van der Waals surface area contributed by atoms with Gasteiger partial charge in [-0.2, -0.15) is 0 Å². The van der Waals surface area contributed by atoms with E-state index in [2.05, 4.69) is 5.32 Å². The fraction of sp³-hybridized carbons (Fsp3) is 0.800. The van der Waals surface area contributed by atoms with E-state index in [1.165, 1.54) is 0 Å². The SMILES string of the molecule is CC(=O)C1CNCC(C)(C(C)=O)C1. The Hall–Kier alpha value is -0.700. The first kappa shape index (κ1) is 10.4. The molecule has 1 N–H and O–H groups in total. The van der Waals surface area contributed by atoms with Crippen LogP contribution in [0.2, 0.25) is 0 Å². The number of nitrogens with one attached hydrogen (secondary N) is 1. The molecule has 0 bridgehead atoms. The molecule has 0 aromatic heterocycles. The summed E-state index contributed by atoms with van der Waals surface area (Å²) in [7, 11) is 0. The highest BCUT2D eigenvalue weighted by molar-refractivity contribution is 5.84. The highest BCUT2D eigenvalue weighted by Crippen LogP contribution is 2.30. The van der Waals surface area contributed by atoms with E-state index in [-0.39, 0.29) is 22.9 Å². The molecule has 2 atom stereocenters. The second-order valence-electron chi connectivity index (χ2n) is 4.26. The molecule has 2 unspecified atom stereocenters.